The molecule has 98 valence electrons. The fourth-order valence-corrected chi connectivity index (χ4v) is 2.20. The van der Waals surface area contributed by atoms with Crippen molar-refractivity contribution >= 4 is 21.8 Å². The van der Waals surface area contributed by atoms with Gasteiger partial charge in [-0.05, 0) is 43.2 Å². The first kappa shape index (κ1) is 13.8. The van der Waals surface area contributed by atoms with Crippen molar-refractivity contribution in [2.24, 2.45) is 0 Å². The zero-order valence-electron chi connectivity index (χ0n) is 11.0. The fourth-order valence-electron chi connectivity index (χ4n) is 1.94. The molecule has 19 heavy (non-hydrogen) atoms. The monoisotopic (exact) mass is 317 g/mol. The molecule has 2 aromatic rings. The number of nitrogens with one attached hydrogen (secondary N) is 1. The van der Waals surface area contributed by atoms with Crippen molar-refractivity contribution in [1.29, 1.82) is 0 Å². The van der Waals surface area contributed by atoms with Crippen molar-refractivity contribution in [3.63, 3.8) is 0 Å². The van der Waals surface area contributed by atoms with Gasteiger partial charge in [-0.2, -0.15) is 0 Å². The van der Waals surface area contributed by atoms with E-state index in [1.807, 2.05) is 62.4 Å². The molecule has 0 bridgehead atoms. The smallest absolute Gasteiger partial charge is 0.252 e. The summed E-state index contributed by atoms with van der Waals surface area (Å²) in [7, 11) is 0. The predicted octanol–water partition coefficient (Wildman–Crippen LogP) is 4.25. The second-order valence-electron chi connectivity index (χ2n) is 4.56. The van der Waals surface area contributed by atoms with Crippen LogP contribution in [0.2, 0.25) is 0 Å². The molecule has 0 aliphatic heterocycles. The molecular weight excluding hydrogens is 302 g/mol. The average molecular weight is 318 g/mol. The summed E-state index contributed by atoms with van der Waals surface area (Å²) in [6, 6.07) is 15.6. The van der Waals surface area contributed by atoms with Crippen molar-refractivity contribution in [2.75, 3.05) is 0 Å². The van der Waals surface area contributed by atoms with Gasteiger partial charge < -0.3 is 5.32 Å². The van der Waals surface area contributed by atoms with Gasteiger partial charge in [-0.25, -0.2) is 0 Å². The maximum Gasteiger partial charge on any atom is 0.252 e. The zero-order chi connectivity index (χ0) is 13.8. The molecule has 0 saturated carbocycles. The summed E-state index contributed by atoms with van der Waals surface area (Å²) >= 11 is 3.40. The van der Waals surface area contributed by atoms with Crippen LogP contribution < -0.4 is 5.32 Å². The van der Waals surface area contributed by atoms with Crippen LogP contribution in [0.4, 0.5) is 0 Å². The van der Waals surface area contributed by atoms with Gasteiger partial charge in [-0.1, -0.05) is 46.3 Å². The largest absolute Gasteiger partial charge is 0.346 e. The minimum atomic E-state index is -0.0338. The molecule has 1 N–H and O–H groups in total. The van der Waals surface area contributed by atoms with E-state index < -0.39 is 0 Å². The van der Waals surface area contributed by atoms with E-state index in [9.17, 15) is 4.79 Å². The van der Waals surface area contributed by atoms with Gasteiger partial charge in [0, 0.05) is 10.0 Å². The fraction of sp³-hybridized carbons (Fsp3) is 0.188. The second kappa shape index (κ2) is 6.02. The Balaban J connectivity index is 2.11. The van der Waals surface area contributed by atoms with Crippen molar-refractivity contribution in [3.8, 4) is 0 Å². The van der Waals surface area contributed by atoms with Gasteiger partial charge in [-0.15, -0.1) is 0 Å². The number of aryl methyl sites for hydroxylation is 1. The topological polar surface area (TPSA) is 29.1 Å². The molecule has 0 heterocycles. The maximum absolute atomic E-state index is 12.2. The highest BCUT2D eigenvalue weighted by Crippen LogP contribution is 2.17. The Kier molecular flexibility index (Phi) is 4.38. The van der Waals surface area contributed by atoms with E-state index in [1.165, 1.54) is 0 Å². The number of hydrogen-bond acceptors (Lipinski definition) is 1. The molecule has 0 radical (unpaired) electrons. The number of rotatable bonds is 3. The number of benzene rings is 2. The molecule has 0 aliphatic rings. The lowest BCUT2D eigenvalue weighted by atomic mass is 10.1. The SMILES string of the molecule is Cc1ccccc1C(=O)N[C@@H](C)c1ccc(Br)cc1. The normalized spacial score (nSPS) is 11.9. The Bertz CT molecular complexity index is 578. The van der Waals surface area contributed by atoms with E-state index in [0.29, 0.717) is 0 Å². The van der Waals surface area contributed by atoms with Crippen molar-refractivity contribution in [3.05, 3.63) is 69.7 Å². The van der Waals surface area contributed by atoms with Gasteiger partial charge in [0.15, 0.2) is 0 Å². The number of halogens is 1. The summed E-state index contributed by atoms with van der Waals surface area (Å²) in [4.78, 5) is 12.2. The van der Waals surface area contributed by atoms with E-state index in [1.54, 1.807) is 0 Å². The number of carbonyl (C=O) groups excluding carboxylic acids is 1. The summed E-state index contributed by atoms with van der Waals surface area (Å²) in [6.45, 7) is 3.93. The molecule has 0 unspecified atom stereocenters. The Hall–Kier alpha value is -1.61. The molecule has 1 atom stereocenters. The molecule has 2 rings (SSSR count). The molecule has 2 aromatic carbocycles. The summed E-state index contributed by atoms with van der Waals surface area (Å²) in [6.07, 6.45) is 0. The standard InChI is InChI=1S/C16H16BrNO/c1-11-5-3-4-6-15(11)16(19)18-12(2)13-7-9-14(17)10-8-13/h3-10,12H,1-2H3,(H,18,19)/t12-/m0/s1. The Morgan fingerprint density at radius 1 is 1.11 bits per heavy atom. The quantitative estimate of drug-likeness (QED) is 0.901. The van der Waals surface area contributed by atoms with Gasteiger partial charge in [0.25, 0.3) is 5.91 Å². The highest BCUT2D eigenvalue weighted by atomic mass is 79.9. The van der Waals surface area contributed by atoms with Gasteiger partial charge in [-0.3, -0.25) is 4.79 Å². The minimum Gasteiger partial charge on any atom is -0.346 e. The Morgan fingerprint density at radius 2 is 1.74 bits per heavy atom. The summed E-state index contributed by atoms with van der Waals surface area (Å²) < 4.78 is 1.04. The van der Waals surface area contributed by atoms with Crippen LogP contribution in [0.5, 0.6) is 0 Å². The van der Waals surface area contributed by atoms with E-state index in [0.717, 1.165) is 21.2 Å². The Labute approximate surface area is 122 Å². The molecule has 0 saturated heterocycles. The number of amides is 1. The highest BCUT2D eigenvalue weighted by molar-refractivity contribution is 9.10. The van der Waals surface area contributed by atoms with E-state index in [4.69, 9.17) is 0 Å². The van der Waals surface area contributed by atoms with E-state index in [-0.39, 0.29) is 11.9 Å². The third-order valence-electron chi connectivity index (χ3n) is 3.11. The van der Waals surface area contributed by atoms with Crippen LogP contribution in [0.25, 0.3) is 0 Å². The van der Waals surface area contributed by atoms with Gasteiger partial charge in [0.05, 0.1) is 6.04 Å². The molecule has 0 aromatic heterocycles. The number of hydrogen-bond donors (Lipinski definition) is 1. The molecule has 2 nitrogen and oxygen atoms in total. The molecule has 0 aliphatic carbocycles. The average Bonchev–Trinajstić information content (AvgIpc) is 2.39. The molecular formula is C16H16BrNO. The van der Waals surface area contributed by atoms with Crippen molar-refractivity contribution in [1.82, 2.24) is 5.32 Å². The van der Waals surface area contributed by atoms with Gasteiger partial charge in [0.1, 0.15) is 0 Å². The van der Waals surface area contributed by atoms with E-state index >= 15 is 0 Å². The second-order valence-corrected chi connectivity index (χ2v) is 5.48. The van der Waals surface area contributed by atoms with Crippen LogP contribution >= 0.6 is 15.9 Å². The van der Waals surface area contributed by atoms with Crippen molar-refractivity contribution in [2.45, 2.75) is 19.9 Å². The van der Waals surface area contributed by atoms with Gasteiger partial charge >= 0.3 is 0 Å². The zero-order valence-corrected chi connectivity index (χ0v) is 12.6. The summed E-state index contributed by atoms with van der Waals surface area (Å²) in [5, 5.41) is 3.02. The molecule has 0 fully saturated rings. The minimum absolute atomic E-state index is 0.0137. The van der Waals surface area contributed by atoms with Crippen LogP contribution in [0.15, 0.2) is 53.0 Å². The van der Waals surface area contributed by atoms with Crippen LogP contribution in [-0.2, 0) is 0 Å². The molecule has 0 spiro atoms. The predicted molar refractivity (Wildman–Crippen MR) is 81.2 cm³/mol. The van der Waals surface area contributed by atoms with Gasteiger partial charge in [0.2, 0.25) is 0 Å². The summed E-state index contributed by atoms with van der Waals surface area (Å²) in [5.74, 6) is -0.0338. The number of carbonyl (C=O) groups is 1. The molecule has 1 amide bonds. The van der Waals surface area contributed by atoms with Crippen LogP contribution in [-0.4, -0.2) is 5.91 Å². The first-order valence-electron chi connectivity index (χ1n) is 6.20. The first-order valence-corrected chi connectivity index (χ1v) is 6.99. The Morgan fingerprint density at radius 3 is 2.37 bits per heavy atom. The third-order valence-corrected chi connectivity index (χ3v) is 3.64. The van der Waals surface area contributed by atoms with Crippen LogP contribution in [0.3, 0.4) is 0 Å². The van der Waals surface area contributed by atoms with Crippen LogP contribution in [0.1, 0.15) is 34.5 Å². The van der Waals surface area contributed by atoms with E-state index in [2.05, 4.69) is 21.2 Å². The lowest BCUT2D eigenvalue weighted by Crippen LogP contribution is -2.27. The lowest BCUT2D eigenvalue weighted by Gasteiger charge is -2.15. The lowest BCUT2D eigenvalue weighted by molar-refractivity contribution is 0.0939. The first-order chi connectivity index (χ1) is 9.08. The maximum atomic E-state index is 12.2. The van der Waals surface area contributed by atoms with Crippen molar-refractivity contribution < 1.29 is 4.79 Å². The van der Waals surface area contributed by atoms with Crippen LogP contribution in [0, 0.1) is 6.92 Å². The summed E-state index contributed by atoms with van der Waals surface area (Å²) in [5.41, 5.74) is 2.81. The molecule has 3 heteroatoms. The third kappa shape index (κ3) is 3.44. The highest BCUT2D eigenvalue weighted by Gasteiger charge is 2.12.